The molecule has 0 aliphatic rings. The normalized spacial score (nSPS) is 12.1. The minimum absolute atomic E-state index is 0.0895. The number of phenols is 1. The van der Waals surface area contributed by atoms with Crippen LogP contribution in [0.3, 0.4) is 0 Å². The summed E-state index contributed by atoms with van der Waals surface area (Å²) >= 11 is 0. The smallest absolute Gasteiger partial charge is 0.229 e. The van der Waals surface area contributed by atoms with Crippen molar-refractivity contribution in [2.24, 2.45) is 0 Å². The molecule has 0 saturated carbocycles. The molecule has 0 aliphatic carbocycles. The van der Waals surface area contributed by atoms with Gasteiger partial charge in [-0.1, -0.05) is 39.0 Å². The molecular weight excluding hydrogens is 252 g/mol. The van der Waals surface area contributed by atoms with Crippen LogP contribution in [0.2, 0.25) is 13.1 Å². The molecular formula is C16H22O2Si. The van der Waals surface area contributed by atoms with Crippen molar-refractivity contribution < 1.29 is 9.53 Å². The predicted molar refractivity (Wildman–Crippen MR) is 83.8 cm³/mol. The number of hydrogen-bond acceptors (Lipinski definition) is 2. The molecule has 0 fully saturated rings. The Balaban J connectivity index is 2.67. The summed E-state index contributed by atoms with van der Waals surface area (Å²) < 4.78 is 5.91. The minimum Gasteiger partial charge on any atom is -0.544 e. The molecule has 2 aromatic carbocycles. The molecule has 1 N–H and O–H groups in total. The Morgan fingerprint density at radius 2 is 1.68 bits per heavy atom. The summed E-state index contributed by atoms with van der Waals surface area (Å²) in [5.41, 5.74) is 1.34. The van der Waals surface area contributed by atoms with Crippen molar-refractivity contribution in [2.45, 2.75) is 39.3 Å². The topological polar surface area (TPSA) is 29.5 Å². The largest absolute Gasteiger partial charge is 0.544 e. The Labute approximate surface area is 116 Å². The first-order chi connectivity index (χ1) is 8.79. The SMILES string of the molecule is C[SiH](C)Oc1c(O)ccc2ccc(C(C)(C)C)cc12. The second-order valence-corrected chi connectivity index (χ2v) is 8.60. The lowest BCUT2D eigenvalue weighted by Gasteiger charge is -2.21. The third-order valence-electron chi connectivity index (χ3n) is 3.17. The van der Waals surface area contributed by atoms with Crippen molar-refractivity contribution in [3.05, 3.63) is 35.9 Å². The van der Waals surface area contributed by atoms with Gasteiger partial charge in [0, 0.05) is 5.39 Å². The fourth-order valence-corrected chi connectivity index (χ4v) is 2.83. The van der Waals surface area contributed by atoms with Gasteiger partial charge in [-0.05, 0) is 41.6 Å². The van der Waals surface area contributed by atoms with Gasteiger partial charge < -0.3 is 9.53 Å². The Bertz CT molecular complexity index is 597. The lowest BCUT2D eigenvalue weighted by molar-refractivity contribution is 0.443. The highest BCUT2D eigenvalue weighted by atomic mass is 28.3. The zero-order valence-electron chi connectivity index (χ0n) is 12.3. The molecule has 102 valence electrons. The third kappa shape index (κ3) is 2.92. The van der Waals surface area contributed by atoms with Crippen LogP contribution in [0.5, 0.6) is 11.5 Å². The number of fused-ring (bicyclic) bond motifs is 1. The molecule has 2 rings (SSSR count). The van der Waals surface area contributed by atoms with E-state index < -0.39 is 9.04 Å². The third-order valence-corrected chi connectivity index (χ3v) is 3.88. The van der Waals surface area contributed by atoms with Crippen LogP contribution in [-0.2, 0) is 5.41 Å². The molecule has 0 radical (unpaired) electrons. The van der Waals surface area contributed by atoms with Crippen LogP contribution in [0.25, 0.3) is 10.8 Å². The standard InChI is InChI=1S/C16H22O2Si/c1-16(2,3)12-8-6-11-7-9-14(17)15(13(11)10-12)18-19(4)5/h6-10,17,19H,1-5H3. The maximum absolute atomic E-state index is 10.0. The van der Waals surface area contributed by atoms with Gasteiger partial charge in [0.1, 0.15) is 0 Å². The lowest BCUT2D eigenvalue weighted by atomic mass is 9.86. The second-order valence-electron chi connectivity index (χ2n) is 6.27. The van der Waals surface area contributed by atoms with Gasteiger partial charge in [-0.15, -0.1) is 0 Å². The van der Waals surface area contributed by atoms with E-state index in [-0.39, 0.29) is 11.2 Å². The maximum Gasteiger partial charge on any atom is 0.229 e. The quantitative estimate of drug-likeness (QED) is 0.831. The van der Waals surface area contributed by atoms with Crippen molar-refractivity contribution in [1.82, 2.24) is 0 Å². The number of rotatable bonds is 2. The van der Waals surface area contributed by atoms with Gasteiger partial charge in [0.2, 0.25) is 9.04 Å². The molecule has 19 heavy (non-hydrogen) atoms. The average Bonchev–Trinajstić information content (AvgIpc) is 2.30. The highest BCUT2D eigenvalue weighted by Crippen LogP contribution is 2.37. The Hall–Kier alpha value is -1.48. The zero-order valence-corrected chi connectivity index (χ0v) is 13.5. The fraction of sp³-hybridized carbons (Fsp3) is 0.375. The minimum atomic E-state index is -1.25. The van der Waals surface area contributed by atoms with Crippen LogP contribution in [0.4, 0.5) is 0 Å². The highest BCUT2D eigenvalue weighted by Gasteiger charge is 2.16. The van der Waals surface area contributed by atoms with Gasteiger partial charge in [-0.2, -0.15) is 0 Å². The summed E-state index contributed by atoms with van der Waals surface area (Å²) in [7, 11) is -1.25. The first-order valence-corrected chi connectivity index (χ1v) is 9.50. The molecule has 0 aliphatic heterocycles. The van der Waals surface area contributed by atoms with E-state index in [1.807, 2.05) is 6.07 Å². The van der Waals surface area contributed by atoms with Gasteiger partial charge in [0.05, 0.1) is 0 Å². The molecule has 0 unspecified atom stereocenters. The first-order valence-electron chi connectivity index (χ1n) is 6.72. The molecule has 0 aromatic heterocycles. The molecule has 0 amide bonds. The summed E-state index contributed by atoms with van der Waals surface area (Å²) in [5, 5.41) is 12.2. The molecule has 0 heterocycles. The van der Waals surface area contributed by atoms with Crippen LogP contribution in [0, 0.1) is 0 Å². The van der Waals surface area contributed by atoms with Gasteiger partial charge in [-0.3, -0.25) is 0 Å². The van der Waals surface area contributed by atoms with E-state index in [2.05, 4.69) is 52.1 Å². The summed E-state index contributed by atoms with van der Waals surface area (Å²) in [6, 6.07) is 10.0. The van der Waals surface area contributed by atoms with Gasteiger partial charge in [0.25, 0.3) is 0 Å². The fourth-order valence-electron chi connectivity index (χ4n) is 2.11. The van der Waals surface area contributed by atoms with Crippen LogP contribution in [0.15, 0.2) is 30.3 Å². The van der Waals surface area contributed by atoms with E-state index in [1.165, 1.54) is 5.56 Å². The molecule has 0 saturated heterocycles. The molecule has 3 heteroatoms. The van der Waals surface area contributed by atoms with E-state index in [0.29, 0.717) is 5.75 Å². The highest BCUT2D eigenvalue weighted by molar-refractivity contribution is 6.49. The van der Waals surface area contributed by atoms with Crippen LogP contribution >= 0.6 is 0 Å². The first kappa shape index (κ1) is 13.9. The van der Waals surface area contributed by atoms with E-state index >= 15 is 0 Å². The van der Waals surface area contributed by atoms with Gasteiger partial charge >= 0.3 is 0 Å². The molecule has 0 bridgehead atoms. The van der Waals surface area contributed by atoms with Gasteiger partial charge in [0.15, 0.2) is 11.5 Å². The Morgan fingerprint density at radius 3 is 2.26 bits per heavy atom. The van der Waals surface area contributed by atoms with Crippen LogP contribution < -0.4 is 4.43 Å². The average molecular weight is 274 g/mol. The number of aromatic hydroxyl groups is 1. The molecule has 2 nitrogen and oxygen atoms in total. The Kier molecular flexibility index (Phi) is 3.59. The summed E-state index contributed by atoms with van der Waals surface area (Å²) in [6.07, 6.45) is 0. The van der Waals surface area contributed by atoms with Crippen molar-refractivity contribution in [2.75, 3.05) is 0 Å². The van der Waals surface area contributed by atoms with Crippen molar-refractivity contribution >= 4 is 19.8 Å². The molecule has 0 spiro atoms. The monoisotopic (exact) mass is 274 g/mol. The van der Waals surface area contributed by atoms with Crippen LogP contribution in [-0.4, -0.2) is 14.1 Å². The summed E-state index contributed by atoms with van der Waals surface area (Å²) in [6.45, 7) is 10.8. The molecule has 2 aromatic rings. The van der Waals surface area contributed by atoms with Crippen LogP contribution in [0.1, 0.15) is 26.3 Å². The number of phenolic OH excluding ortho intramolecular Hbond substituents is 1. The van der Waals surface area contributed by atoms with E-state index in [9.17, 15) is 5.11 Å². The Morgan fingerprint density at radius 1 is 1.05 bits per heavy atom. The van der Waals surface area contributed by atoms with Crippen molar-refractivity contribution in [3.63, 3.8) is 0 Å². The van der Waals surface area contributed by atoms with Crippen molar-refractivity contribution in [3.8, 4) is 11.5 Å². The number of hydrogen-bond donors (Lipinski definition) is 1. The van der Waals surface area contributed by atoms with E-state index in [1.54, 1.807) is 6.07 Å². The zero-order chi connectivity index (χ0) is 14.2. The molecule has 0 atom stereocenters. The van der Waals surface area contributed by atoms with E-state index in [4.69, 9.17) is 4.43 Å². The summed E-state index contributed by atoms with van der Waals surface area (Å²) in [5.74, 6) is 0.880. The van der Waals surface area contributed by atoms with Gasteiger partial charge in [-0.25, -0.2) is 0 Å². The number of benzene rings is 2. The maximum atomic E-state index is 10.0. The summed E-state index contributed by atoms with van der Waals surface area (Å²) in [4.78, 5) is 0. The van der Waals surface area contributed by atoms with E-state index in [0.717, 1.165) is 10.8 Å². The lowest BCUT2D eigenvalue weighted by Crippen LogP contribution is -2.13. The predicted octanol–water partition coefficient (Wildman–Crippen LogP) is 4.21. The van der Waals surface area contributed by atoms with Crippen molar-refractivity contribution in [1.29, 1.82) is 0 Å². The second kappa shape index (κ2) is 4.89.